The first-order valence-corrected chi connectivity index (χ1v) is 18.0. The Morgan fingerprint density at radius 3 is 0.681 bits per heavy atom. The molecular formula is C40H36NOP2RuS2. The molecule has 47 heavy (non-hydrogen) atoms. The normalized spacial score (nSPS) is 9.57. The van der Waals surface area contributed by atoms with Gasteiger partial charge in [0.1, 0.15) is 0 Å². The third-order valence-corrected chi connectivity index (χ3v) is 12.1. The summed E-state index contributed by atoms with van der Waals surface area (Å²) in [4.78, 5) is 1.71. The molecule has 0 unspecified atom stereocenters. The van der Waals surface area contributed by atoms with Crippen LogP contribution in [-0.4, -0.2) is 23.3 Å². The Kier molecular flexibility index (Phi) is 19.5. The van der Waals surface area contributed by atoms with Crippen LogP contribution in [0, 0.1) is 6.65 Å². The first-order chi connectivity index (χ1) is 22.5. The molecule has 0 spiro atoms. The van der Waals surface area contributed by atoms with Crippen molar-refractivity contribution in [3.05, 3.63) is 189 Å². The van der Waals surface area contributed by atoms with Gasteiger partial charge in [-0.1, -0.05) is 186 Å². The fourth-order valence-electron chi connectivity index (χ4n) is 4.36. The van der Waals surface area contributed by atoms with Crippen molar-refractivity contribution in [1.29, 1.82) is 0 Å². The van der Waals surface area contributed by atoms with E-state index in [1.165, 1.54) is 31.8 Å². The molecule has 0 aliphatic heterocycles. The van der Waals surface area contributed by atoms with Crippen molar-refractivity contribution in [2.75, 3.05) is 14.1 Å². The first kappa shape index (κ1) is 39.8. The summed E-state index contributed by atoms with van der Waals surface area (Å²) in [5.41, 5.74) is 0. The molecule has 0 aromatic heterocycles. The smallest absolute Gasteiger partial charge is 0.0622 e. The zero-order chi connectivity index (χ0) is 33.0. The Bertz CT molecular complexity index is 1390. The van der Waals surface area contributed by atoms with Gasteiger partial charge in [-0.05, 0) is 47.7 Å². The Balaban J connectivity index is 0.000000263. The van der Waals surface area contributed by atoms with Gasteiger partial charge in [0.15, 0.2) is 0 Å². The second kappa shape index (κ2) is 23.1. The molecule has 0 aliphatic carbocycles. The third kappa shape index (κ3) is 13.4. The number of benzene rings is 6. The number of nitrogens with zero attached hydrogens (tertiary/aromatic N) is 1. The van der Waals surface area contributed by atoms with Gasteiger partial charge in [0.25, 0.3) is 0 Å². The van der Waals surface area contributed by atoms with E-state index in [4.69, 9.17) is 4.65 Å². The van der Waals surface area contributed by atoms with Gasteiger partial charge < -0.3 is 29.7 Å². The standard InChI is InChI=1S/2C18H15P.C3H7NS2.CO.Ru/c2*1-4-10-16(11-5-1)19(17-12-6-2-7-13-17)18-14-8-3-9-15-18;1-4(2)3(5)6;1-2;/h2*1-15H;1-2H3,(H,5,6);;/q;;;;+1/p-1. The van der Waals surface area contributed by atoms with Gasteiger partial charge in [0.2, 0.25) is 0 Å². The molecule has 0 bridgehead atoms. The average molecular weight is 774 g/mol. The van der Waals surface area contributed by atoms with Crippen molar-refractivity contribution in [3.8, 4) is 0 Å². The van der Waals surface area contributed by atoms with E-state index in [0.717, 1.165) is 0 Å². The zero-order valence-corrected chi connectivity index (χ0v) is 31.4. The van der Waals surface area contributed by atoms with Crippen LogP contribution in [0.2, 0.25) is 0 Å². The summed E-state index contributed by atoms with van der Waals surface area (Å²) in [6.07, 6.45) is 0. The Morgan fingerprint density at radius 2 is 0.574 bits per heavy atom. The molecule has 0 amide bonds. The summed E-state index contributed by atoms with van der Waals surface area (Å²) >= 11 is 9.12. The molecule has 0 fully saturated rings. The van der Waals surface area contributed by atoms with Crippen molar-refractivity contribution in [2.45, 2.75) is 0 Å². The van der Waals surface area contributed by atoms with Gasteiger partial charge in [-0.3, -0.25) is 0 Å². The molecule has 1 radical (unpaired) electrons. The van der Waals surface area contributed by atoms with Gasteiger partial charge in [-0.15, -0.1) is 0 Å². The number of rotatable bonds is 6. The Labute approximate surface area is 306 Å². The molecule has 237 valence electrons. The van der Waals surface area contributed by atoms with Crippen LogP contribution in [0.5, 0.6) is 0 Å². The number of hydrogen-bond donors (Lipinski definition) is 0. The van der Waals surface area contributed by atoms with Crippen LogP contribution in [0.3, 0.4) is 0 Å². The molecule has 0 aliphatic rings. The molecule has 6 rings (SSSR count). The summed E-state index contributed by atoms with van der Waals surface area (Å²) in [5, 5.41) is 8.39. The van der Waals surface area contributed by atoms with Crippen molar-refractivity contribution < 1.29 is 24.1 Å². The van der Waals surface area contributed by atoms with E-state index in [1.54, 1.807) is 4.90 Å². The van der Waals surface area contributed by atoms with E-state index in [9.17, 15) is 0 Å². The predicted molar refractivity (Wildman–Crippen MR) is 208 cm³/mol. The van der Waals surface area contributed by atoms with Crippen molar-refractivity contribution in [2.24, 2.45) is 0 Å². The quantitative estimate of drug-likeness (QED) is 0.0446. The van der Waals surface area contributed by atoms with Gasteiger partial charge in [0.05, 0.1) is 0 Å². The predicted octanol–water partition coefficient (Wildman–Crippen LogP) is 7.23. The van der Waals surface area contributed by atoms with E-state index in [-0.39, 0.29) is 19.5 Å². The topological polar surface area (TPSA) is 23.1 Å². The third-order valence-electron chi connectivity index (χ3n) is 6.45. The van der Waals surface area contributed by atoms with Crippen LogP contribution < -0.4 is 31.8 Å². The largest absolute Gasteiger partial charge is 1.00 e. The van der Waals surface area contributed by atoms with Crippen LogP contribution in [0.25, 0.3) is 0 Å². The maximum Gasteiger partial charge on any atom is 1.00 e. The maximum absolute atomic E-state index is 7.50. The summed E-state index contributed by atoms with van der Waals surface area (Å²) in [7, 11) is 2.77. The number of thiocarbonyl (C=S) groups is 1. The van der Waals surface area contributed by atoms with Crippen molar-refractivity contribution in [1.82, 2.24) is 4.90 Å². The first-order valence-electron chi connectivity index (χ1n) is 14.5. The maximum atomic E-state index is 7.50. The zero-order valence-electron chi connectivity index (χ0n) is 26.2. The van der Waals surface area contributed by atoms with E-state index in [1.807, 2.05) is 14.1 Å². The molecule has 7 heteroatoms. The van der Waals surface area contributed by atoms with Crippen molar-refractivity contribution >= 4 is 76.8 Å². The van der Waals surface area contributed by atoms with E-state index in [2.05, 4.69) is 213 Å². The summed E-state index contributed by atoms with van der Waals surface area (Å²) in [6, 6.07) is 64.7. The van der Waals surface area contributed by atoms with Crippen LogP contribution >= 0.6 is 28.1 Å². The summed E-state index contributed by atoms with van der Waals surface area (Å²) in [5.74, 6) is 0. The molecule has 6 aromatic carbocycles. The SMILES string of the molecule is CN(C)C(=S)[S-].[C-]#[O+].[Ru+].c1ccc(P(c2ccccc2)c2ccccc2)cc1.c1ccc(P(c2ccccc2)c2ccccc2)cc1. The van der Waals surface area contributed by atoms with E-state index >= 15 is 0 Å². The monoisotopic (exact) mass is 774 g/mol. The summed E-state index contributed by atoms with van der Waals surface area (Å²) in [6.45, 7) is 4.50. The van der Waals surface area contributed by atoms with Gasteiger partial charge in [-0.25, -0.2) is 0 Å². The summed E-state index contributed by atoms with van der Waals surface area (Å²) < 4.78 is 8.01. The molecule has 0 atom stereocenters. The van der Waals surface area contributed by atoms with Crippen LogP contribution in [0.1, 0.15) is 0 Å². The fraction of sp³-hybridized carbons (Fsp3) is 0.0500. The fourth-order valence-corrected chi connectivity index (χ4v) is 8.97. The Hall–Kier alpha value is -3.35. The minimum Gasteiger partial charge on any atom is -0.0622 e. The molecule has 0 heterocycles. The second-order valence-corrected chi connectivity index (χ2v) is 15.3. The van der Waals surface area contributed by atoms with E-state index < -0.39 is 15.8 Å². The molecule has 0 N–H and O–H groups in total. The molecule has 0 saturated carbocycles. The Morgan fingerprint density at radius 1 is 0.447 bits per heavy atom. The van der Waals surface area contributed by atoms with Crippen LogP contribution in [0.4, 0.5) is 0 Å². The van der Waals surface area contributed by atoms with Gasteiger partial charge in [-0.2, -0.15) is 0 Å². The van der Waals surface area contributed by atoms with Crippen molar-refractivity contribution in [3.63, 3.8) is 0 Å². The van der Waals surface area contributed by atoms with Crippen LogP contribution in [0.15, 0.2) is 182 Å². The molecule has 0 saturated heterocycles. The van der Waals surface area contributed by atoms with Crippen LogP contribution in [-0.2, 0) is 36.8 Å². The second-order valence-electron chi connectivity index (χ2n) is 9.84. The number of hydrogen-bond acceptors (Lipinski definition) is 2. The average Bonchev–Trinajstić information content (AvgIpc) is 3.13. The van der Waals surface area contributed by atoms with Gasteiger partial charge >= 0.3 is 30.8 Å². The van der Waals surface area contributed by atoms with Gasteiger partial charge in [0, 0.05) is 14.1 Å². The molecule has 2 nitrogen and oxygen atoms in total. The molecular weight excluding hydrogens is 738 g/mol. The minimum atomic E-state index is -0.446. The molecule has 6 aromatic rings. The van der Waals surface area contributed by atoms with E-state index in [0.29, 0.717) is 4.32 Å². The minimum absolute atomic E-state index is 0.